The summed E-state index contributed by atoms with van der Waals surface area (Å²) in [5.74, 6) is -2.65. The van der Waals surface area contributed by atoms with Crippen molar-refractivity contribution in [2.24, 2.45) is 0 Å². The number of carbonyl (C=O) groups excluding carboxylic acids is 6. The van der Waals surface area contributed by atoms with Gasteiger partial charge in [0.15, 0.2) is 23.0 Å². The highest BCUT2D eigenvalue weighted by Crippen LogP contribution is 2.34. The number of benzene rings is 1. The smallest absolute Gasteiger partial charge is 0.266 e. The standard InChI is InChI=1S/C40H39FN8O9/c41-25(6-10-32(51)29-20-43-34(16-30(29)46-26-7-8-26)49-37-24(19-45-49)15-23(17-42)18-44-37)21-57-14-13-56-12-2-3-27(50)22-58-33-5-1-4-28-36(33)40(55)48(39(28)54)31-9-11-35(52)47-38(31)53/h1,4-5,15-16,18-20,25-26,31H,2-3,6-14,21-22H2,(H,43,46)(H,47,52,53). The van der Waals surface area contributed by atoms with Gasteiger partial charge in [0.1, 0.15) is 30.6 Å². The lowest BCUT2D eigenvalue weighted by atomic mass is 10.0. The molecule has 300 valence electrons. The molecule has 2 unspecified atom stereocenters. The SMILES string of the molecule is N#Cc1cnc2c(cnn2-c2cc(NC3CC3)c(C(=O)CCC(F)COCCOCCCC(=O)COc3cccc4c3C(=O)N(C3CCC(=O)NC3=O)C4=O)cn2)c1. The summed E-state index contributed by atoms with van der Waals surface area (Å²) in [5.41, 5.74) is 1.88. The molecular formula is C40H39FN8O9. The van der Waals surface area contributed by atoms with Gasteiger partial charge < -0.3 is 19.5 Å². The molecule has 3 aliphatic rings. The Labute approximate surface area is 330 Å². The third-order valence-corrected chi connectivity index (χ3v) is 9.80. The predicted molar refractivity (Wildman–Crippen MR) is 201 cm³/mol. The summed E-state index contributed by atoms with van der Waals surface area (Å²) in [7, 11) is 0. The van der Waals surface area contributed by atoms with Crippen LogP contribution in [0.5, 0.6) is 5.75 Å². The average Bonchev–Trinajstić information content (AvgIpc) is 3.88. The third kappa shape index (κ3) is 9.06. The van der Waals surface area contributed by atoms with Crippen molar-refractivity contribution in [1.82, 2.24) is 30.0 Å². The largest absolute Gasteiger partial charge is 0.485 e. The van der Waals surface area contributed by atoms with Gasteiger partial charge in [0.25, 0.3) is 11.8 Å². The molecule has 7 rings (SSSR count). The zero-order chi connectivity index (χ0) is 40.8. The van der Waals surface area contributed by atoms with E-state index >= 15 is 0 Å². The van der Waals surface area contributed by atoms with Crippen LogP contribution in [0.2, 0.25) is 0 Å². The molecule has 0 radical (unpaired) electrons. The van der Waals surface area contributed by atoms with Gasteiger partial charge in [-0.15, -0.1) is 0 Å². The molecule has 18 heteroatoms. The molecule has 2 fully saturated rings. The minimum absolute atomic E-state index is 0.00449. The fraction of sp³-hybridized carbons (Fsp3) is 0.400. The number of Topliss-reactive ketones (excluding diaryl/α,β-unsaturated/α-hetero) is 2. The lowest BCUT2D eigenvalue weighted by Gasteiger charge is -2.27. The first kappa shape index (κ1) is 39.8. The molecule has 5 heterocycles. The van der Waals surface area contributed by atoms with Gasteiger partial charge >= 0.3 is 0 Å². The maximum Gasteiger partial charge on any atom is 0.266 e. The van der Waals surface area contributed by atoms with Crippen molar-refractivity contribution in [2.45, 2.75) is 69.6 Å². The second-order valence-corrected chi connectivity index (χ2v) is 14.1. The number of imide groups is 2. The second kappa shape index (κ2) is 17.8. The number of halogens is 1. The van der Waals surface area contributed by atoms with Crippen LogP contribution in [-0.2, 0) is 23.9 Å². The van der Waals surface area contributed by atoms with E-state index in [2.05, 4.69) is 31.8 Å². The Hall–Kier alpha value is -6.45. The van der Waals surface area contributed by atoms with E-state index in [1.807, 2.05) is 0 Å². The molecule has 2 atom stereocenters. The zero-order valence-electron chi connectivity index (χ0n) is 31.3. The summed E-state index contributed by atoms with van der Waals surface area (Å²) in [6.07, 6.45) is 5.47. The molecule has 17 nitrogen and oxygen atoms in total. The summed E-state index contributed by atoms with van der Waals surface area (Å²) in [6, 6.07) is 8.99. The number of fused-ring (bicyclic) bond motifs is 2. The van der Waals surface area contributed by atoms with E-state index in [0.29, 0.717) is 40.1 Å². The molecule has 4 amide bonds. The van der Waals surface area contributed by atoms with Crippen LogP contribution < -0.4 is 15.4 Å². The average molecular weight is 795 g/mol. The normalized spacial score (nSPS) is 16.9. The Bertz CT molecular complexity index is 2320. The molecule has 3 aromatic heterocycles. The number of rotatable bonds is 20. The first-order valence-corrected chi connectivity index (χ1v) is 18.9. The molecule has 4 aromatic rings. The number of aromatic nitrogens is 4. The number of pyridine rings is 2. The van der Waals surface area contributed by atoms with E-state index in [0.717, 1.165) is 17.7 Å². The third-order valence-electron chi connectivity index (χ3n) is 9.80. The molecule has 2 aliphatic heterocycles. The van der Waals surface area contributed by atoms with Gasteiger partial charge in [-0.25, -0.2) is 14.4 Å². The van der Waals surface area contributed by atoms with Crippen molar-refractivity contribution in [3.63, 3.8) is 0 Å². The lowest BCUT2D eigenvalue weighted by Crippen LogP contribution is -2.54. The Morgan fingerprint density at radius 2 is 1.83 bits per heavy atom. The number of anilines is 1. The summed E-state index contributed by atoms with van der Waals surface area (Å²) < 4.78 is 32.8. The molecule has 0 bridgehead atoms. The number of nitriles is 1. The molecule has 0 spiro atoms. The van der Waals surface area contributed by atoms with Crippen molar-refractivity contribution in [3.8, 4) is 17.6 Å². The van der Waals surface area contributed by atoms with Crippen LogP contribution in [0.3, 0.4) is 0 Å². The Morgan fingerprint density at radius 3 is 2.62 bits per heavy atom. The first-order chi connectivity index (χ1) is 28.1. The van der Waals surface area contributed by atoms with E-state index in [1.165, 1.54) is 35.3 Å². The molecule has 1 aliphatic carbocycles. The molecule has 2 N–H and O–H groups in total. The number of ketones is 2. The number of hydrogen-bond acceptors (Lipinski definition) is 14. The van der Waals surface area contributed by atoms with Crippen molar-refractivity contribution < 1.29 is 47.4 Å². The van der Waals surface area contributed by atoms with Crippen molar-refractivity contribution >= 4 is 51.9 Å². The van der Waals surface area contributed by atoms with E-state index in [4.69, 9.17) is 19.5 Å². The number of nitrogens with zero attached hydrogens (tertiary/aromatic N) is 6. The Balaban J connectivity index is 0.787. The number of alkyl halides is 1. The van der Waals surface area contributed by atoms with Gasteiger partial charge in [-0.3, -0.25) is 39.0 Å². The van der Waals surface area contributed by atoms with Crippen LogP contribution in [0.4, 0.5) is 10.1 Å². The maximum absolute atomic E-state index is 14.7. The monoisotopic (exact) mass is 794 g/mol. The maximum atomic E-state index is 14.7. The molecule has 1 aromatic carbocycles. The minimum Gasteiger partial charge on any atom is -0.485 e. The van der Waals surface area contributed by atoms with Crippen LogP contribution >= 0.6 is 0 Å². The number of ether oxygens (including phenoxy) is 3. The van der Waals surface area contributed by atoms with Crippen molar-refractivity contribution in [2.75, 3.05) is 38.4 Å². The van der Waals surface area contributed by atoms with Gasteiger partial charge in [0.05, 0.1) is 54.0 Å². The van der Waals surface area contributed by atoms with E-state index < -0.39 is 35.8 Å². The molecule has 1 saturated carbocycles. The second-order valence-electron chi connectivity index (χ2n) is 14.1. The molecular weight excluding hydrogens is 755 g/mol. The highest BCUT2D eigenvalue weighted by molar-refractivity contribution is 6.24. The number of amides is 4. The Kier molecular flexibility index (Phi) is 12.2. The molecule has 1 saturated heterocycles. The number of nitrogens with one attached hydrogen (secondary N) is 2. The van der Waals surface area contributed by atoms with Crippen LogP contribution in [-0.4, -0.2) is 111 Å². The summed E-state index contributed by atoms with van der Waals surface area (Å²) in [6.45, 7) is -0.0568. The van der Waals surface area contributed by atoms with E-state index in [-0.39, 0.29) is 99.6 Å². The zero-order valence-corrected chi connectivity index (χ0v) is 31.3. The van der Waals surface area contributed by atoms with Crippen LogP contribution in [0, 0.1) is 11.3 Å². The number of hydrogen-bond donors (Lipinski definition) is 2. The number of carbonyl (C=O) groups is 6. The van der Waals surface area contributed by atoms with Crippen molar-refractivity contribution in [1.29, 1.82) is 5.26 Å². The quantitative estimate of drug-likeness (QED) is 0.0743. The van der Waals surface area contributed by atoms with Crippen molar-refractivity contribution in [3.05, 3.63) is 71.2 Å². The van der Waals surface area contributed by atoms with Gasteiger partial charge in [0.2, 0.25) is 11.8 Å². The van der Waals surface area contributed by atoms with E-state index in [1.54, 1.807) is 18.3 Å². The van der Waals surface area contributed by atoms with Gasteiger partial charge in [-0.05, 0) is 50.3 Å². The van der Waals surface area contributed by atoms with Crippen LogP contribution in [0.15, 0.2) is 48.9 Å². The summed E-state index contributed by atoms with van der Waals surface area (Å²) >= 11 is 0. The first-order valence-electron chi connectivity index (χ1n) is 18.9. The van der Waals surface area contributed by atoms with Gasteiger partial charge in [-0.2, -0.15) is 15.0 Å². The lowest BCUT2D eigenvalue weighted by molar-refractivity contribution is -0.136. The predicted octanol–water partition coefficient (Wildman–Crippen LogP) is 3.43. The summed E-state index contributed by atoms with van der Waals surface area (Å²) in [4.78, 5) is 85.4. The fourth-order valence-corrected chi connectivity index (χ4v) is 6.64. The van der Waals surface area contributed by atoms with E-state index in [9.17, 15) is 33.2 Å². The molecule has 58 heavy (non-hydrogen) atoms. The van der Waals surface area contributed by atoms with Gasteiger partial charge in [-0.1, -0.05) is 6.07 Å². The number of piperidine rings is 1. The summed E-state index contributed by atoms with van der Waals surface area (Å²) in [5, 5.41) is 19.7. The van der Waals surface area contributed by atoms with Crippen LogP contribution in [0.25, 0.3) is 16.9 Å². The van der Waals surface area contributed by atoms with Crippen LogP contribution in [0.1, 0.15) is 88.0 Å². The highest BCUT2D eigenvalue weighted by Gasteiger charge is 2.46. The minimum atomic E-state index is -1.38. The highest BCUT2D eigenvalue weighted by atomic mass is 19.1. The fourth-order valence-electron chi connectivity index (χ4n) is 6.64. The topological polar surface area (TPSA) is 225 Å². The Morgan fingerprint density at radius 1 is 1.00 bits per heavy atom. The van der Waals surface area contributed by atoms with Gasteiger partial charge in [0, 0.05) is 55.8 Å².